The van der Waals surface area contributed by atoms with Crippen LogP contribution in [0.25, 0.3) is 0 Å². The Kier molecular flexibility index (Phi) is 5.88. The fourth-order valence-electron chi connectivity index (χ4n) is 2.69. The van der Waals surface area contributed by atoms with Crippen molar-refractivity contribution in [1.82, 2.24) is 4.90 Å². The van der Waals surface area contributed by atoms with Gasteiger partial charge in [0.05, 0.1) is 18.9 Å². The van der Waals surface area contributed by atoms with Gasteiger partial charge in [-0.05, 0) is 48.9 Å². The quantitative estimate of drug-likeness (QED) is 0.749. The third-order valence-electron chi connectivity index (χ3n) is 4.12. The maximum absolute atomic E-state index is 12.7. The van der Waals surface area contributed by atoms with Gasteiger partial charge in [0.1, 0.15) is 5.76 Å². The molecule has 1 amide bonds. The first-order valence-corrected chi connectivity index (χ1v) is 8.68. The number of hydrogen-bond donors (Lipinski definition) is 0. The van der Waals surface area contributed by atoms with Crippen molar-refractivity contribution in [2.24, 2.45) is 4.99 Å². The van der Waals surface area contributed by atoms with E-state index in [2.05, 4.69) is 4.99 Å². The van der Waals surface area contributed by atoms with Crippen LogP contribution < -0.4 is 0 Å². The highest BCUT2D eigenvalue weighted by Gasteiger charge is 2.33. The van der Waals surface area contributed by atoms with E-state index in [0.717, 1.165) is 11.3 Å². The summed E-state index contributed by atoms with van der Waals surface area (Å²) in [6.07, 6.45) is 8.82. The zero-order valence-corrected chi connectivity index (χ0v) is 15.6. The van der Waals surface area contributed by atoms with Crippen molar-refractivity contribution >= 4 is 17.6 Å². The predicted octanol–water partition coefficient (Wildman–Crippen LogP) is 3.48. The molecule has 0 bridgehead atoms. The molecule has 1 aromatic rings. The number of allylic oxidation sites excluding steroid dienone is 4. The number of ether oxygens (including phenoxy) is 3. The highest BCUT2D eigenvalue weighted by molar-refractivity contribution is 6.09. The molecule has 0 radical (unpaired) electrons. The lowest BCUT2D eigenvalue weighted by molar-refractivity contribution is -0.122. The number of rotatable bonds is 5. The highest BCUT2D eigenvalue weighted by Crippen LogP contribution is 2.23. The van der Waals surface area contributed by atoms with E-state index in [4.69, 9.17) is 14.2 Å². The van der Waals surface area contributed by atoms with Crippen LogP contribution in [0.15, 0.2) is 82.8 Å². The lowest BCUT2D eigenvalue weighted by Crippen LogP contribution is -2.29. The van der Waals surface area contributed by atoms with E-state index in [9.17, 15) is 4.79 Å². The minimum absolute atomic E-state index is 0.221. The fraction of sp³-hybridized carbons (Fsp3) is 0.238. The number of para-hydroxylation sites is 1. The minimum Gasteiger partial charge on any atom is -0.497 e. The van der Waals surface area contributed by atoms with Crippen molar-refractivity contribution in [3.05, 3.63) is 77.8 Å². The zero-order chi connectivity index (χ0) is 19.2. The molecule has 0 aromatic heterocycles. The zero-order valence-electron chi connectivity index (χ0n) is 15.6. The number of amides is 1. The average molecular weight is 366 g/mol. The van der Waals surface area contributed by atoms with Gasteiger partial charge in [0.25, 0.3) is 5.91 Å². The van der Waals surface area contributed by atoms with E-state index >= 15 is 0 Å². The standard InChI is InChI=1S/C21H22N2O4/c1-4-23-20(24)19(27-21(23)22-16-8-6-5-7-9-16)13-15-10-11-17(25-2)14-18(12-15)26-3/h5-14,18H,4H2,1-3H3/b19-13+,22-21?. The summed E-state index contributed by atoms with van der Waals surface area (Å²) >= 11 is 0. The van der Waals surface area contributed by atoms with Gasteiger partial charge in [-0.2, -0.15) is 4.99 Å². The first-order chi connectivity index (χ1) is 13.1. The summed E-state index contributed by atoms with van der Waals surface area (Å²) in [4.78, 5) is 18.7. The van der Waals surface area contributed by atoms with Crippen LogP contribution >= 0.6 is 0 Å². The summed E-state index contributed by atoms with van der Waals surface area (Å²) in [6, 6.07) is 9.66. The number of likely N-dealkylation sites (N-methyl/N-ethyl adjacent to an activating group) is 1. The Morgan fingerprint density at radius 1 is 1.19 bits per heavy atom. The summed E-state index contributed by atoms with van der Waals surface area (Å²) in [6.45, 7) is 2.35. The van der Waals surface area contributed by atoms with Crippen molar-refractivity contribution in [3.8, 4) is 0 Å². The topological polar surface area (TPSA) is 60.4 Å². The van der Waals surface area contributed by atoms with Gasteiger partial charge < -0.3 is 14.2 Å². The fourth-order valence-corrected chi connectivity index (χ4v) is 2.69. The van der Waals surface area contributed by atoms with Gasteiger partial charge in [-0.1, -0.05) is 24.3 Å². The molecular formula is C21H22N2O4. The third kappa shape index (κ3) is 4.35. The van der Waals surface area contributed by atoms with Gasteiger partial charge >= 0.3 is 6.02 Å². The Balaban J connectivity index is 1.89. The highest BCUT2D eigenvalue weighted by atomic mass is 16.5. The molecule has 0 saturated carbocycles. The molecule has 27 heavy (non-hydrogen) atoms. The molecular weight excluding hydrogens is 344 g/mol. The molecule has 0 N–H and O–H groups in total. The van der Waals surface area contributed by atoms with Crippen LogP contribution in [0, 0.1) is 0 Å². The number of amidine groups is 1. The maximum Gasteiger partial charge on any atom is 0.305 e. The number of carbonyl (C=O) groups excluding carboxylic acids is 1. The maximum atomic E-state index is 12.7. The van der Waals surface area contributed by atoms with E-state index < -0.39 is 0 Å². The molecule has 140 valence electrons. The van der Waals surface area contributed by atoms with E-state index in [1.807, 2.05) is 61.6 Å². The monoisotopic (exact) mass is 366 g/mol. The largest absolute Gasteiger partial charge is 0.497 e. The summed E-state index contributed by atoms with van der Waals surface area (Å²) in [5, 5.41) is 0. The van der Waals surface area contributed by atoms with Gasteiger partial charge in [-0.15, -0.1) is 0 Å². The molecule has 1 aliphatic carbocycles. The van der Waals surface area contributed by atoms with Crippen molar-refractivity contribution in [2.45, 2.75) is 13.0 Å². The first kappa shape index (κ1) is 18.7. The van der Waals surface area contributed by atoms with E-state index in [-0.39, 0.29) is 23.8 Å². The van der Waals surface area contributed by atoms with Gasteiger partial charge in [0.2, 0.25) is 0 Å². The summed E-state index contributed by atoms with van der Waals surface area (Å²) in [7, 11) is 3.21. The number of methoxy groups -OCH3 is 2. The Labute approximate surface area is 158 Å². The normalized spacial score (nSPS) is 22.6. The molecule has 6 nitrogen and oxygen atoms in total. The van der Waals surface area contributed by atoms with Gasteiger partial charge in [0.15, 0.2) is 5.76 Å². The Bertz CT molecular complexity index is 850. The average Bonchev–Trinajstić information content (AvgIpc) is 2.86. The van der Waals surface area contributed by atoms with Crippen LogP contribution in [0.3, 0.4) is 0 Å². The molecule has 2 aliphatic rings. The van der Waals surface area contributed by atoms with Gasteiger partial charge in [-0.25, -0.2) is 0 Å². The lowest BCUT2D eigenvalue weighted by Gasteiger charge is -2.09. The Morgan fingerprint density at radius 3 is 2.63 bits per heavy atom. The number of benzene rings is 1. The van der Waals surface area contributed by atoms with Gasteiger partial charge in [-0.3, -0.25) is 9.69 Å². The molecule has 1 unspecified atom stereocenters. The Morgan fingerprint density at radius 2 is 1.96 bits per heavy atom. The molecule has 1 fully saturated rings. The van der Waals surface area contributed by atoms with Gasteiger partial charge in [0, 0.05) is 13.7 Å². The van der Waals surface area contributed by atoms with Crippen LogP contribution in [0.5, 0.6) is 0 Å². The molecule has 1 atom stereocenters. The molecule has 1 heterocycles. The van der Waals surface area contributed by atoms with Crippen LogP contribution in [0.4, 0.5) is 5.69 Å². The number of aliphatic imine (C=N–C) groups is 1. The second-order valence-electron chi connectivity index (χ2n) is 5.86. The number of hydrogen-bond acceptors (Lipinski definition) is 5. The van der Waals surface area contributed by atoms with Crippen LogP contribution in [0.1, 0.15) is 6.92 Å². The van der Waals surface area contributed by atoms with Crippen molar-refractivity contribution in [2.75, 3.05) is 20.8 Å². The van der Waals surface area contributed by atoms with Crippen LogP contribution in [-0.2, 0) is 19.0 Å². The lowest BCUT2D eigenvalue weighted by atomic mass is 10.1. The third-order valence-corrected chi connectivity index (χ3v) is 4.12. The predicted molar refractivity (Wildman–Crippen MR) is 103 cm³/mol. The first-order valence-electron chi connectivity index (χ1n) is 8.68. The molecule has 1 aromatic carbocycles. The SMILES string of the molecule is CCN1C(=O)/C(=C\C2=CC(OC)C=C(OC)C=C2)OC1=Nc1ccccc1. The van der Waals surface area contributed by atoms with E-state index in [0.29, 0.717) is 12.3 Å². The van der Waals surface area contributed by atoms with E-state index in [1.165, 1.54) is 4.90 Å². The van der Waals surface area contributed by atoms with E-state index in [1.54, 1.807) is 20.3 Å². The molecule has 1 aliphatic heterocycles. The summed E-state index contributed by atoms with van der Waals surface area (Å²) < 4.78 is 16.5. The minimum atomic E-state index is -0.266. The van der Waals surface area contributed by atoms with Crippen molar-refractivity contribution in [1.29, 1.82) is 0 Å². The molecule has 1 saturated heterocycles. The summed E-state index contributed by atoms with van der Waals surface area (Å²) in [5.41, 5.74) is 1.51. The molecule has 0 spiro atoms. The van der Waals surface area contributed by atoms with Crippen LogP contribution in [-0.4, -0.2) is 43.7 Å². The van der Waals surface area contributed by atoms with Crippen molar-refractivity contribution in [3.63, 3.8) is 0 Å². The second kappa shape index (κ2) is 8.51. The second-order valence-corrected chi connectivity index (χ2v) is 5.86. The number of nitrogens with zero attached hydrogens (tertiary/aromatic N) is 2. The van der Waals surface area contributed by atoms with Crippen LogP contribution in [0.2, 0.25) is 0 Å². The summed E-state index contributed by atoms with van der Waals surface area (Å²) in [5.74, 6) is 0.685. The smallest absolute Gasteiger partial charge is 0.305 e. The van der Waals surface area contributed by atoms with Crippen molar-refractivity contribution < 1.29 is 19.0 Å². The molecule has 6 heteroatoms. The Hall–Kier alpha value is -3.12. The number of carbonyl (C=O) groups is 1. The molecule has 3 rings (SSSR count).